The van der Waals surface area contributed by atoms with Gasteiger partial charge in [0, 0.05) is 59.9 Å². The summed E-state index contributed by atoms with van der Waals surface area (Å²) in [7, 11) is 1.37. The van der Waals surface area contributed by atoms with Gasteiger partial charge < -0.3 is 28.6 Å². The summed E-state index contributed by atoms with van der Waals surface area (Å²) in [5.74, 6) is 7.67. The molecular formula is C37H32Cl3N3O5. The summed E-state index contributed by atoms with van der Waals surface area (Å²) in [4.78, 5) is 12.6. The molecule has 11 heteroatoms. The Labute approximate surface area is 293 Å². The number of methoxy groups -OCH3 is 1. The van der Waals surface area contributed by atoms with Gasteiger partial charge in [0.2, 0.25) is 0 Å². The van der Waals surface area contributed by atoms with Crippen LogP contribution in [0.2, 0.25) is 15.1 Å². The van der Waals surface area contributed by atoms with Crippen LogP contribution in [-0.4, -0.2) is 48.6 Å². The summed E-state index contributed by atoms with van der Waals surface area (Å²) in [5, 5.41) is 10.0. The summed E-state index contributed by atoms with van der Waals surface area (Å²) in [5.41, 5.74) is 4.66. The molecule has 0 amide bonds. The lowest BCUT2D eigenvalue weighted by Gasteiger charge is -2.23. The number of nitrogens with zero attached hydrogens (tertiary/aromatic N) is 2. The lowest BCUT2D eigenvalue weighted by molar-refractivity contribution is 0.0212. The highest BCUT2D eigenvalue weighted by atomic mass is 35.5. The molecule has 3 heterocycles. The van der Waals surface area contributed by atoms with Gasteiger partial charge in [-0.05, 0) is 61.7 Å². The summed E-state index contributed by atoms with van der Waals surface area (Å²) in [6, 6.07) is 16.3. The molecule has 1 unspecified atom stereocenters. The molecule has 1 saturated heterocycles. The molecular weight excluding hydrogens is 673 g/mol. The quantitative estimate of drug-likeness (QED) is 0.122. The number of rotatable bonds is 9. The van der Waals surface area contributed by atoms with E-state index >= 15 is 0 Å². The third-order valence-electron chi connectivity index (χ3n) is 8.63. The molecule has 0 bridgehead atoms. The van der Waals surface area contributed by atoms with Crippen LogP contribution in [-0.2, 0) is 22.6 Å². The maximum Gasteiger partial charge on any atom is 0.337 e. The highest BCUT2D eigenvalue weighted by Crippen LogP contribution is 2.46. The zero-order chi connectivity index (χ0) is 33.2. The Hall–Kier alpha value is -3.97. The first-order chi connectivity index (χ1) is 23.4. The lowest BCUT2D eigenvalue weighted by Crippen LogP contribution is -2.38. The Bertz CT molecular complexity index is 2030. The molecule has 3 aromatic carbocycles. The van der Waals surface area contributed by atoms with Crippen molar-refractivity contribution in [3.63, 3.8) is 0 Å². The molecule has 1 N–H and O–H groups in total. The smallest absolute Gasteiger partial charge is 0.337 e. The van der Waals surface area contributed by atoms with Gasteiger partial charge in [-0.2, -0.15) is 0 Å². The van der Waals surface area contributed by atoms with Crippen LogP contribution in [0.3, 0.4) is 0 Å². The van der Waals surface area contributed by atoms with Crippen LogP contribution in [0.4, 0.5) is 0 Å². The number of fused-ring (bicyclic) bond motifs is 1. The second-order valence-electron chi connectivity index (χ2n) is 11.9. The number of esters is 1. The fourth-order valence-electron chi connectivity index (χ4n) is 5.94. The molecule has 1 atom stereocenters. The van der Waals surface area contributed by atoms with E-state index in [1.807, 2.05) is 30.5 Å². The predicted octanol–water partition coefficient (Wildman–Crippen LogP) is 8.28. The van der Waals surface area contributed by atoms with E-state index in [2.05, 4.69) is 26.9 Å². The summed E-state index contributed by atoms with van der Waals surface area (Å²) in [6.07, 6.45) is 5.07. The number of hydrogen-bond acceptors (Lipinski definition) is 7. The summed E-state index contributed by atoms with van der Waals surface area (Å²) < 4.78 is 25.0. The lowest BCUT2D eigenvalue weighted by atomic mass is 10.0. The molecule has 0 spiro atoms. The molecule has 1 aliphatic heterocycles. The van der Waals surface area contributed by atoms with Gasteiger partial charge >= 0.3 is 5.97 Å². The highest BCUT2D eigenvalue weighted by Gasteiger charge is 2.33. The van der Waals surface area contributed by atoms with Crippen LogP contribution in [0.1, 0.15) is 58.0 Å². The monoisotopic (exact) mass is 703 g/mol. The second kappa shape index (κ2) is 14.3. The number of aryl methyl sites for hydroxylation is 1. The second-order valence-corrected chi connectivity index (χ2v) is 13.1. The van der Waals surface area contributed by atoms with Crippen molar-refractivity contribution < 1.29 is 23.5 Å². The average molecular weight is 705 g/mol. The van der Waals surface area contributed by atoms with Gasteiger partial charge in [-0.3, -0.25) is 0 Å². The van der Waals surface area contributed by atoms with E-state index in [-0.39, 0.29) is 12.7 Å². The van der Waals surface area contributed by atoms with Gasteiger partial charge in [0.15, 0.2) is 0 Å². The minimum atomic E-state index is -0.426. The van der Waals surface area contributed by atoms with Gasteiger partial charge in [0.25, 0.3) is 0 Å². The van der Waals surface area contributed by atoms with Gasteiger partial charge in [-0.25, -0.2) is 4.79 Å². The number of ether oxygens (including phenoxy) is 3. The first kappa shape index (κ1) is 32.6. The number of benzene rings is 3. The fraction of sp³-hybridized carbons (Fsp3) is 0.297. The van der Waals surface area contributed by atoms with Crippen LogP contribution in [0.15, 0.2) is 65.3 Å². The van der Waals surface area contributed by atoms with E-state index in [4.69, 9.17) is 53.5 Å². The van der Waals surface area contributed by atoms with E-state index in [1.54, 1.807) is 30.3 Å². The largest absolute Gasteiger partial charge is 0.489 e. The van der Waals surface area contributed by atoms with Crippen molar-refractivity contribution in [2.24, 2.45) is 0 Å². The van der Waals surface area contributed by atoms with Crippen LogP contribution in [0.5, 0.6) is 5.75 Å². The number of nitrogens with one attached hydrogen (secondary N) is 1. The molecule has 5 aromatic rings. The van der Waals surface area contributed by atoms with Crippen molar-refractivity contribution in [1.29, 1.82) is 0 Å². The molecule has 246 valence electrons. The van der Waals surface area contributed by atoms with Gasteiger partial charge in [-0.15, -0.1) is 0 Å². The van der Waals surface area contributed by atoms with E-state index in [1.165, 1.54) is 7.11 Å². The Morgan fingerprint density at radius 2 is 1.85 bits per heavy atom. The first-order valence-electron chi connectivity index (χ1n) is 15.8. The van der Waals surface area contributed by atoms with Crippen molar-refractivity contribution in [1.82, 2.24) is 15.0 Å². The Morgan fingerprint density at radius 1 is 1.04 bits per heavy atom. The fourth-order valence-corrected chi connectivity index (χ4v) is 6.74. The van der Waals surface area contributed by atoms with Crippen molar-refractivity contribution >= 4 is 51.7 Å². The maximum atomic E-state index is 12.6. The van der Waals surface area contributed by atoms with Crippen LogP contribution >= 0.6 is 34.8 Å². The predicted molar refractivity (Wildman–Crippen MR) is 186 cm³/mol. The first-order valence-corrected chi connectivity index (χ1v) is 16.9. The van der Waals surface area contributed by atoms with Crippen LogP contribution in [0, 0.1) is 11.8 Å². The van der Waals surface area contributed by atoms with Crippen LogP contribution in [0.25, 0.3) is 22.2 Å². The number of aromatic nitrogens is 2. The normalized spacial score (nSPS) is 16.0. The van der Waals surface area contributed by atoms with Gasteiger partial charge in [0.05, 0.1) is 51.5 Å². The average Bonchev–Trinajstić information content (AvgIpc) is 3.73. The van der Waals surface area contributed by atoms with E-state index in [0.29, 0.717) is 61.3 Å². The van der Waals surface area contributed by atoms with E-state index in [9.17, 15) is 4.79 Å². The molecule has 48 heavy (non-hydrogen) atoms. The topological polar surface area (TPSA) is 87.8 Å². The molecule has 2 aromatic heterocycles. The zero-order valence-electron chi connectivity index (χ0n) is 26.2. The molecule has 1 saturated carbocycles. The van der Waals surface area contributed by atoms with Crippen molar-refractivity contribution in [2.75, 3.05) is 26.8 Å². The number of morpholine rings is 1. The Balaban J connectivity index is 1.12. The Morgan fingerprint density at radius 3 is 2.58 bits per heavy atom. The molecule has 8 nitrogen and oxygen atoms in total. The standard InChI is InChI=1S/C37H32Cl3N3O5/c1-45-37(44)25-17-24(28-12-15-43(33(28)18-25)14-11-27-20-41-13-16-46-27)8-5-22-9-10-26(19-32(22)40)47-21-29-35(42-48-36(29)23-6-7-23)34-30(38)3-2-4-31(34)39/h2-4,9-10,12,15,17-19,23,27,41H,6-7,11,13-14,16,20-21H2,1H3. The van der Waals surface area contributed by atoms with Gasteiger partial charge in [-0.1, -0.05) is 57.9 Å². The molecule has 2 aliphatic rings. The van der Waals surface area contributed by atoms with Crippen molar-refractivity contribution in [2.45, 2.75) is 44.4 Å². The summed E-state index contributed by atoms with van der Waals surface area (Å²) in [6.45, 7) is 3.35. The number of halogens is 3. The Kier molecular flexibility index (Phi) is 9.67. The van der Waals surface area contributed by atoms with Crippen molar-refractivity contribution in [3.05, 3.63) is 104 Å². The third-order valence-corrected chi connectivity index (χ3v) is 9.57. The number of hydrogen-bond donors (Lipinski definition) is 1. The van der Waals surface area contributed by atoms with Crippen molar-refractivity contribution in [3.8, 4) is 28.8 Å². The summed E-state index contributed by atoms with van der Waals surface area (Å²) >= 11 is 19.7. The van der Waals surface area contributed by atoms with Crippen LogP contribution < -0.4 is 10.1 Å². The van der Waals surface area contributed by atoms with Gasteiger partial charge in [0.1, 0.15) is 23.8 Å². The SMILES string of the molecule is COC(=O)c1cc(C#Cc2ccc(OCc3c(-c4c(Cl)cccc4Cl)noc3C3CC3)cc2Cl)c2ccn(CCC3CNCCO3)c2c1. The maximum absolute atomic E-state index is 12.6. The number of carbonyl (C=O) groups is 1. The number of carbonyl (C=O) groups excluding carboxylic acids is 1. The van der Waals surface area contributed by atoms with E-state index in [0.717, 1.165) is 61.1 Å². The third kappa shape index (κ3) is 6.93. The molecule has 0 radical (unpaired) electrons. The minimum absolute atomic E-state index is 0.146. The molecule has 2 fully saturated rings. The molecule has 7 rings (SSSR count). The zero-order valence-corrected chi connectivity index (χ0v) is 28.4. The molecule has 1 aliphatic carbocycles. The minimum Gasteiger partial charge on any atom is -0.489 e. The van der Waals surface area contributed by atoms with E-state index < -0.39 is 5.97 Å². The highest BCUT2D eigenvalue weighted by molar-refractivity contribution is 6.39.